The molecule has 0 N–H and O–H groups in total. The van der Waals surface area contributed by atoms with E-state index >= 15 is 0 Å². The van der Waals surface area contributed by atoms with Crippen LogP contribution in [0, 0.1) is 11.3 Å². The second-order valence-electron chi connectivity index (χ2n) is 3.17. The summed E-state index contributed by atoms with van der Waals surface area (Å²) in [6, 6.07) is 11.6. The summed E-state index contributed by atoms with van der Waals surface area (Å²) in [6.07, 6.45) is 1.76. The van der Waals surface area contributed by atoms with Gasteiger partial charge in [0.25, 0.3) is 0 Å². The number of hydrogen-bond donors (Lipinski definition) is 0. The molecule has 0 amide bonds. The van der Waals surface area contributed by atoms with Crippen LogP contribution in [0.2, 0.25) is 0 Å². The molecule has 0 saturated heterocycles. The van der Waals surface area contributed by atoms with E-state index in [9.17, 15) is 0 Å². The van der Waals surface area contributed by atoms with E-state index in [0.717, 1.165) is 18.9 Å². The number of benzene rings is 1. The van der Waals surface area contributed by atoms with Crippen molar-refractivity contribution in [1.82, 2.24) is 4.98 Å². The molecule has 0 aliphatic rings. The van der Waals surface area contributed by atoms with Gasteiger partial charge in [-0.05, 0) is 62.2 Å². The Hall–Kier alpha value is -0.830. The molecule has 2 nitrogen and oxygen atoms in total. The van der Waals surface area contributed by atoms with E-state index in [1.807, 2.05) is 24.3 Å². The first-order valence-corrected chi connectivity index (χ1v) is 7.08. The predicted octanol–water partition coefficient (Wildman–Crippen LogP) is 4.63. The molecule has 0 radical (unpaired) electrons. The Morgan fingerprint density at radius 3 is 2.59 bits per heavy atom. The van der Waals surface area contributed by atoms with Crippen LogP contribution in [0.15, 0.2) is 55.4 Å². The lowest BCUT2D eigenvalue weighted by molar-refractivity contribution is 1.12. The molecule has 0 atom stereocenters. The molecule has 17 heavy (non-hydrogen) atoms. The van der Waals surface area contributed by atoms with Crippen LogP contribution in [0.5, 0.6) is 0 Å². The lowest BCUT2D eigenvalue weighted by Gasteiger charge is -2.02. The second-order valence-corrected chi connectivity index (χ2v) is 6.03. The number of hydrogen-bond acceptors (Lipinski definition) is 3. The molecule has 0 saturated carbocycles. The summed E-state index contributed by atoms with van der Waals surface area (Å²) < 4.78 is 1.77. The minimum absolute atomic E-state index is 0.637. The molecule has 2 aromatic rings. The maximum atomic E-state index is 8.83. The summed E-state index contributed by atoms with van der Waals surface area (Å²) in [4.78, 5) is 5.33. The third-order valence-electron chi connectivity index (χ3n) is 1.98. The minimum Gasteiger partial charge on any atom is -0.248 e. The van der Waals surface area contributed by atoms with Gasteiger partial charge in [-0.25, -0.2) is 4.98 Å². The van der Waals surface area contributed by atoms with Gasteiger partial charge in [-0.1, -0.05) is 11.8 Å². The Labute approximate surface area is 120 Å². The lowest BCUT2D eigenvalue weighted by Crippen LogP contribution is -1.81. The standard InChI is InChI=1S/C12H6Br2N2S/c13-9-2-4-12(16-7-9)17-10-3-1-8(6-15)11(14)5-10/h1-5,7H. The van der Waals surface area contributed by atoms with Crippen LogP contribution in [0.4, 0.5) is 0 Å². The zero-order valence-electron chi connectivity index (χ0n) is 8.52. The molecule has 0 fully saturated rings. The normalized spacial score (nSPS) is 9.94. The number of aromatic nitrogens is 1. The van der Waals surface area contributed by atoms with Crippen molar-refractivity contribution in [2.45, 2.75) is 9.92 Å². The molecular weight excluding hydrogens is 364 g/mol. The zero-order valence-corrected chi connectivity index (χ0v) is 12.5. The molecule has 1 heterocycles. The van der Waals surface area contributed by atoms with Gasteiger partial charge in [-0.15, -0.1) is 0 Å². The van der Waals surface area contributed by atoms with Crippen LogP contribution < -0.4 is 0 Å². The number of nitrogens with zero attached hydrogens (tertiary/aromatic N) is 2. The van der Waals surface area contributed by atoms with Gasteiger partial charge >= 0.3 is 0 Å². The Morgan fingerprint density at radius 2 is 2.00 bits per heavy atom. The van der Waals surface area contributed by atoms with E-state index in [1.165, 1.54) is 0 Å². The fourth-order valence-corrected chi connectivity index (χ4v) is 2.84. The molecule has 0 bridgehead atoms. The predicted molar refractivity (Wildman–Crippen MR) is 74.9 cm³/mol. The van der Waals surface area contributed by atoms with Crippen molar-refractivity contribution in [1.29, 1.82) is 5.26 Å². The third-order valence-corrected chi connectivity index (χ3v) is 4.05. The van der Waals surface area contributed by atoms with Crippen molar-refractivity contribution in [3.05, 3.63) is 51.0 Å². The molecule has 84 valence electrons. The van der Waals surface area contributed by atoms with Crippen LogP contribution in [0.3, 0.4) is 0 Å². The molecule has 1 aromatic heterocycles. The summed E-state index contributed by atoms with van der Waals surface area (Å²) in [5, 5.41) is 9.75. The quantitative estimate of drug-likeness (QED) is 0.774. The molecule has 0 unspecified atom stereocenters. The van der Waals surface area contributed by atoms with Crippen LogP contribution in [0.25, 0.3) is 0 Å². The molecule has 1 aromatic carbocycles. The number of pyridine rings is 1. The summed E-state index contributed by atoms with van der Waals surface area (Å²) >= 11 is 8.27. The largest absolute Gasteiger partial charge is 0.248 e. The Morgan fingerprint density at radius 1 is 1.18 bits per heavy atom. The first-order chi connectivity index (χ1) is 8.19. The average Bonchev–Trinajstić information content (AvgIpc) is 2.32. The van der Waals surface area contributed by atoms with Gasteiger partial charge in [0, 0.05) is 20.0 Å². The van der Waals surface area contributed by atoms with Crippen LogP contribution in [0.1, 0.15) is 5.56 Å². The topological polar surface area (TPSA) is 36.7 Å². The second kappa shape index (κ2) is 5.67. The van der Waals surface area contributed by atoms with Crippen LogP contribution in [-0.4, -0.2) is 4.98 Å². The van der Waals surface area contributed by atoms with Crippen molar-refractivity contribution >= 4 is 43.6 Å². The highest BCUT2D eigenvalue weighted by Crippen LogP contribution is 2.30. The molecule has 5 heteroatoms. The first-order valence-electron chi connectivity index (χ1n) is 4.68. The van der Waals surface area contributed by atoms with Gasteiger partial charge in [-0.3, -0.25) is 0 Å². The monoisotopic (exact) mass is 368 g/mol. The van der Waals surface area contributed by atoms with Gasteiger partial charge in [-0.2, -0.15) is 5.26 Å². The van der Waals surface area contributed by atoms with E-state index < -0.39 is 0 Å². The highest BCUT2D eigenvalue weighted by atomic mass is 79.9. The maximum absolute atomic E-state index is 8.83. The van der Waals surface area contributed by atoms with Gasteiger partial charge in [0.05, 0.1) is 5.56 Å². The Bertz CT molecular complexity index is 576. The van der Waals surface area contributed by atoms with Crippen molar-refractivity contribution < 1.29 is 0 Å². The molecular formula is C12H6Br2N2S. The van der Waals surface area contributed by atoms with Gasteiger partial charge in [0.1, 0.15) is 11.1 Å². The van der Waals surface area contributed by atoms with Crippen LogP contribution in [-0.2, 0) is 0 Å². The van der Waals surface area contributed by atoms with E-state index in [0.29, 0.717) is 5.56 Å². The Kier molecular flexibility index (Phi) is 4.21. The minimum atomic E-state index is 0.637. The van der Waals surface area contributed by atoms with E-state index in [2.05, 4.69) is 42.9 Å². The highest BCUT2D eigenvalue weighted by molar-refractivity contribution is 9.10. The van der Waals surface area contributed by atoms with E-state index in [1.54, 1.807) is 24.0 Å². The highest BCUT2D eigenvalue weighted by Gasteiger charge is 2.03. The van der Waals surface area contributed by atoms with E-state index in [-0.39, 0.29) is 0 Å². The Balaban J connectivity index is 2.22. The fourth-order valence-electron chi connectivity index (χ4n) is 1.19. The molecule has 0 aliphatic heterocycles. The van der Waals surface area contributed by atoms with Crippen molar-refractivity contribution in [3.63, 3.8) is 0 Å². The molecule has 0 aliphatic carbocycles. The molecule has 0 spiro atoms. The summed E-state index contributed by atoms with van der Waals surface area (Å²) in [5.74, 6) is 0. The van der Waals surface area contributed by atoms with Crippen molar-refractivity contribution in [2.24, 2.45) is 0 Å². The average molecular weight is 370 g/mol. The number of halogens is 2. The smallest absolute Gasteiger partial charge is 0.101 e. The van der Waals surface area contributed by atoms with Crippen LogP contribution >= 0.6 is 43.6 Å². The van der Waals surface area contributed by atoms with Crippen molar-refractivity contribution in [2.75, 3.05) is 0 Å². The SMILES string of the molecule is N#Cc1ccc(Sc2ccc(Br)cn2)cc1Br. The number of rotatable bonds is 2. The summed E-state index contributed by atoms with van der Waals surface area (Å²) in [7, 11) is 0. The zero-order chi connectivity index (χ0) is 12.3. The summed E-state index contributed by atoms with van der Waals surface area (Å²) in [6.45, 7) is 0. The van der Waals surface area contributed by atoms with Gasteiger partial charge in [0.15, 0.2) is 0 Å². The molecule has 2 rings (SSSR count). The maximum Gasteiger partial charge on any atom is 0.101 e. The first kappa shape index (κ1) is 12.6. The third kappa shape index (κ3) is 3.32. The fraction of sp³-hybridized carbons (Fsp3) is 0. The van der Waals surface area contributed by atoms with E-state index in [4.69, 9.17) is 5.26 Å². The van der Waals surface area contributed by atoms with Gasteiger partial charge < -0.3 is 0 Å². The number of nitriles is 1. The lowest BCUT2D eigenvalue weighted by atomic mass is 10.2. The van der Waals surface area contributed by atoms with Crippen molar-refractivity contribution in [3.8, 4) is 6.07 Å². The summed E-state index contributed by atoms with van der Waals surface area (Å²) in [5.41, 5.74) is 0.637. The van der Waals surface area contributed by atoms with Gasteiger partial charge in [0.2, 0.25) is 0 Å².